The van der Waals surface area contributed by atoms with Crippen LogP contribution in [0.1, 0.15) is 12.7 Å². The average molecular weight is 405 g/mol. The molecule has 2 aromatic heterocycles. The number of carbonyl (C=O) groups is 1. The van der Waals surface area contributed by atoms with Crippen molar-refractivity contribution in [3.05, 3.63) is 89.1 Å². The van der Waals surface area contributed by atoms with Gasteiger partial charge in [0.25, 0.3) is 5.56 Å². The van der Waals surface area contributed by atoms with E-state index < -0.39 is 5.25 Å². The van der Waals surface area contributed by atoms with Crippen molar-refractivity contribution in [3.8, 4) is 0 Å². The van der Waals surface area contributed by atoms with Crippen LogP contribution >= 0.6 is 11.8 Å². The summed E-state index contributed by atoms with van der Waals surface area (Å²) in [6.07, 6.45) is 1.57. The molecule has 0 aliphatic carbocycles. The molecule has 2 aromatic carbocycles. The van der Waals surface area contributed by atoms with E-state index in [1.807, 2.05) is 48.5 Å². The van der Waals surface area contributed by atoms with Gasteiger partial charge in [-0.2, -0.15) is 0 Å². The third-order valence-corrected chi connectivity index (χ3v) is 5.50. The zero-order valence-corrected chi connectivity index (χ0v) is 16.6. The molecule has 0 spiro atoms. The zero-order chi connectivity index (χ0) is 20.2. The number of fused-ring (bicyclic) bond motifs is 1. The fourth-order valence-corrected chi connectivity index (χ4v) is 3.82. The molecule has 0 saturated carbocycles. The molecule has 0 bridgehead atoms. The van der Waals surface area contributed by atoms with E-state index in [9.17, 15) is 9.59 Å². The maximum atomic E-state index is 13.1. The lowest BCUT2D eigenvalue weighted by molar-refractivity contribution is -0.115. The molecule has 0 radical (unpaired) electrons. The van der Waals surface area contributed by atoms with E-state index in [1.165, 1.54) is 11.8 Å². The van der Waals surface area contributed by atoms with Crippen molar-refractivity contribution in [1.82, 2.24) is 9.55 Å². The van der Waals surface area contributed by atoms with Crippen molar-refractivity contribution in [2.75, 3.05) is 5.32 Å². The normalized spacial score (nSPS) is 12.0. The predicted molar refractivity (Wildman–Crippen MR) is 114 cm³/mol. The van der Waals surface area contributed by atoms with Crippen LogP contribution in [-0.2, 0) is 11.3 Å². The summed E-state index contributed by atoms with van der Waals surface area (Å²) < 4.78 is 6.97. The molecule has 0 fully saturated rings. The number of aromatic nitrogens is 2. The summed E-state index contributed by atoms with van der Waals surface area (Å²) in [5.41, 5.74) is 1.17. The molecule has 4 rings (SSSR count). The van der Waals surface area contributed by atoms with Gasteiger partial charge in [0.1, 0.15) is 5.76 Å². The molecule has 0 aliphatic heterocycles. The highest BCUT2D eigenvalue weighted by Crippen LogP contribution is 2.24. The lowest BCUT2D eigenvalue weighted by Crippen LogP contribution is -2.27. The minimum atomic E-state index is -0.453. The van der Waals surface area contributed by atoms with Gasteiger partial charge in [-0.1, -0.05) is 42.1 Å². The Balaban J connectivity index is 1.66. The van der Waals surface area contributed by atoms with Crippen LogP contribution in [0.15, 0.2) is 87.4 Å². The van der Waals surface area contributed by atoms with E-state index in [4.69, 9.17) is 4.42 Å². The van der Waals surface area contributed by atoms with E-state index in [0.717, 1.165) is 5.69 Å². The summed E-state index contributed by atoms with van der Waals surface area (Å²) >= 11 is 1.25. The molecule has 2 heterocycles. The number of amides is 1. The predicted octanol–water partition coefficient (Wildman–Crippen LogP) is 4.16. The second kappa shape index (κ2) is 8.36. The van der Waals surface area contributed by atoms with Crippen molar-refractivity contribution in [2.45, 2.75) is 23.9 Å². The summed E-state index contributed by atoms with van der Waals surface area (Å²) in [4.78, 5) is 30.4. The van der Waals surface area contributed by atoms with Crippen molar-refractivity contribution in [1.29, 1.82) is 0 Å². The number of anilines is 1. The molecule has 1 atom stereocenters. The van der Waals surface area contributed by atoms with Crippen LogP contribution in [0.25, 0.3) is 10.9 Å². The Labute approximate surface area is 171 Å². The van der Waals surface area contributed by atoms with Gasteiger partial charge in [-0.05, 0) is 43.3 Å². The molecule has 4 aromatic rings. The number of thioether (sulfide) groups is 1. The number of nitrogens with zero attached hydrogens (tertiary/aromatic N) is 2. The van der Waals surface area contributed by atoms with Gasteiger partial charge in [0.2, 0.25) is 5.91 Å². The van der Waals surface area contributed by atoms with Gasteiger partial charge in [-0.3, -0.25) is 14.2 Å². The van der Waals surface area contributed by atoms with Crippen molar-refractivity contribution < 1.29 is 9.21 Å². The molecule has 146 valence electrons. The zero-order valence-electron chi connectivity index (χ0n) is 15.7. The van der Waals surface area contributed by atoms with Crippen LogP contribution in [0.5, 0.6) is 0 Å². The molecule has 0 aliphatic rings. The van der Waals surface area contributed by atoms with Crippen molar-refractivity contribution in [3.63, 3.8) is 0 Å². The van der Waals surface area contributed by atoms with Gasteiger partial charge in [-0.25, -0.2) is 4.98 Å². The Kier molecular flexibility index (Phi) is 5.48. The highest BCUT2D eigenvalue weighted by atomic mass is 32.2. The molecular formula is C22H19N3O3S. The van der Waals surface area contributed by atoms with Crippen LogP contribution < -0.4 is 10.9 Å². The lowest BCUT2D eigenvalue weighted by Gasteiger charge is -2.16. The molecular weight excluding hydrogens is 386 g/mol. The van der Waals surface area contributed by atoms with Crippen LogP contribution in [-0.4, -0.2) is 20.7 Å². The topological polar surface area (TPSA) is 77.1 Å². The smallest absolute Gasteiger partial charge is 0.262 e. The van der Waals surface area contributed by atoms with E-state index in [1.54, 1.807) is 36.0 Å². The standard InChI is InChI=1S/C22H19N3O3S/c1-15(20(26)23-16-8-3-2-4-9-16)29-22-24-19-12-6-5-11-18(19)21(27)25(22)14-17-10-7-13-28-17/h2-13,15H,14H2,1H3,(H,23,26). The van der Waals surface area contributed by atoms with E-state index in [2.05, 4.69) is 10.3 Å². The third-order valence-electron chi connectivity index (χ3n) is 4.41. The molecule has 29 heavy (non-hydrogen) atoms. The van der Waals surface area contributed by atoms with Crippen LogP contribution in [0, 0.1) is 0 Å². The van der Waals surface area contributed by atoms with Gasteiger partial charge in [-0.15, -0.1) is 0 Å². The number of rotatable bonds is 6. The number of hydrogen-bond acceptors (Lipinski definition) is 5. The first-order valence-corrected chi connectivity index (χ1v) is 10.0. The Hall–Kier alpha value is -3.32. The Bertz CT molecular complexity index is 1190. The van der Waals surface area contributed by atoms with Crippen LogP contribution in [0.3, 0.4) is 0 Å². The minimum absolute atomic E-state index is 0.159. The number of para-hydroxylation sites is 2. The number of carbonyl (C=O) groups excluding carboxylic acids is 1. The Morgan fingerprint density at radius 2 is 1.86 bits per heavy atom. The van der Waals surface area contributed by atoms with Gasteiger partial charge < -0.3 is 9.73 Å². The highest BCUT2D eigenvalue weighted by molar-refractivity contribution is 8.00. The van der Waals surface area contributed by atoms with Gasteiger partial charge >= 0.3 is 0 Å². The summed E-state index contributed by atoms with van der Waals surface area (Å²) in [6, 6.07) is 20.1. The molecule has 7 heteroatoms. The summed E-state index contributed by atoms with van der Waals surface area (Å²) in [6.45, 7) is 2.04. The van der Waals surface area contributed by atoms with E-state index >= 15 is 0 Å². The minimum Gasteiger partial charge on any atom is -0.467 e. The molecule has 1 amide bonds. The maximum Gasteiger partial charge on any atom is 0.262 e. The Morgan fingerprint density at radius 3 is 2.62 bits per heavy atom. The third kappa shape index (κ3) is 4.25. The van der Waals surface area contributed by atoms with E-state index in [0.29, 0.717) is 21.8 Å². The number of nitrogens with one attached hydrogen (secondary N) is 1. The first-order chi connectivity index (χ1) is 14.1. The monoisotopic (exact) mass is 405 g/mol. The fraction of sp³-hybridized carbons (Fsp3) is 0.136. The summed E-state index contributed by atoms with van der Waals surface area (Å²) in [5, 5.41) is 3.44. The van der Waals surface area contributed by atoms with Crippen LogP contribution in [0.4, 0.5) is 5.69 Å². The quantitative estimate of drug-likeness (QED) is 0.385. The molecule has 1 unspecified atom stereocenters. The van der Waals surface area contributed by atoms with Gasteiger partial charge in [0, 0.05) is 5.69 Å². The summed E-state index contributed by atoms with van der Waals surface area (Å²) in [7, 11) is 0. The fourth-order valence-electron chi connectivity index (χ4n) is 2.91. The van der Waals surface area contributed by atoms with Crippen molar-refractivity contribution in [2.24, 2.45) is 0 Å². The van der Waals surface area contributed by atoms with E-state index in [-0.39, 0.29) is 18.0 Å². The first-order valence-electron chi connectivity index (χ1n) is 9.16. The second-order valence-corrected chi connectivity index (χ2v) is 7.81. The number of furan rings is 1. The molecule has 1 N–H and O–H groups in total. The van der Waals surface area contributed by atoms with Gasteiger partial charge in [0.05, 0.1) is 29.0 Å². The molecule has 6 nitrogen and oxygen atoms in total. The first kappa shape index (κ1) is 19.0. The largest absolute Gasteiger partial charge is 0.467 e. The Morgan fingerprint density at radius 1 is 1.10 bits per heavy atom. The maximum absolute atomic E-state index is 13.1. The lowest BCUT2D eigenvalue weighted by atomic mass is 10.2. The second-order valence-electron chi connectivity index (χ2n) is 6.50. The average Bonchev–Trinajstić information content (AvgIpc) is 3.25. The van der Waals surface area contributed by atoms with Gasteiger partial charge in [0.15, 0.2) is 5.16 Å². The van der Waals surface area contributed by atoms with Crippen molar-refractivity contribution >= 4 is 34.3 Å². The molecule has 0 saturated heterocycles. The highest BCUT2D eigenvalue weighted by Gasteiger charge is 2.20. The van der Waals surface area contributed by atoms with Crippen LogP contribution in [0.2, 0.25) is 0 Å². The number of benzene rings is 2. The number of hydrogen-bond donors (Lipinski definition) is 1. The summed E-state index contributed by atoms with van der Waals surface area (Å²) in [5.74, 6) is 0.487. The SMILES string of the molecule is CC(Sc1nc2ccccc2c(=O)n1Cc1ccco1)C(=O)Nc1ccccc1.